The number of para-hydroxylation sites is 1. The Hall–Kier alpha value is -5.08. The van der Waals surface area contributed by atoms with Crippen molar-refractivity contribution in [2.45, 2.75) is 6.61 Å². The van der Waals surface area contributed by atoms with Crippen LogP contribution in [0, 0.1) is 11.3 Å². The molecule has 4 aromatic rings. The van der Waals surface area contributed by atoms with Crippen LogP contribution in [0.3, 0.4) is 0 Å². The van der Waals surface area contributed by atoms with Crippen LogP contribution in [-0.2, 0) is 11.4 Å². The number of nitrogens with zero attached hydrogens (tertiary/aromatic N) is 1. The van der Waals surface area contributed by atoms with Crippen LogP contribution in [0.2, 0.25) is 0 Å². The number of methoxy groups -OCH3 is 1. The summed E-state index contributed by atoms with van der Waals surface area (Å²) in [6, 6.07) is 33.9. The zero-order valence-electron chi connectivity index (χ0n) is 20.3. The molecule has 4 aromatic carbocycles. The molecule has 0 fully saturated rings. The maximum Gasteiger partial charge on any atom is 0.336 e. The molecule has 0 aliphatic carbocycles. The first-order valence-electron chi connectivity index (χ1n) is 11.7. The summed E-state index contributed by atoms with van der Waals surface area (Å²) in [6.07, 6.45) is 4.83. The van der Waals surface area contributed by atoms with E-state index in [1.54, 1.807) is 43.5 Å². The number of carbonyl (C=O) groups is 1. The van der Waals surface area contributed by atoms with Crippen molar-refractivity contribution in [3.63, 3.8) is 0 Å². The Labute approximate surface area is 216 Å². The first kappa shape index (κ1) is 25.0. The number of nitriles is 1. The SMILES string of the molecule is COc1ccccc1/C(C#N)=C\c1ccc(OC(=O)/C=C/c2ccc(OCc3ccccc3)cc2)cc1. The molecule has 0 unspecified atom stereocenters. The van der Waals surface area contributed by atoms with Crippen LogP contribution in [0.15, 0.2) is 109 Å². The summed E-state index contributed by atoms with van der Waals surface area (Å²) in [5, 5.41) is 9.62. The first-order chi connectivity index (χ1) is 18.1. The quantitative estimate of drug-likeness (QED) is 0.0839. The highest BCUT2D eigenvalue weighted by Crippen LogP contribution is 2.27. The van der Waals surface area contributed by atoms with Crippen molar-refractivity contribution in [3.05, 3.63) is 131 Å². The summed E-state index contributed by atoms with van der Waals surface area (Å²) in [7, 11) is 1.57. The number of carbonyl (C=O) groups excluding carboxylic acids is 1. The maximum absolute atomic E-state index is 12.3. The third kappa shape index (κ3) is 7.20. The van der Waals surface area contributed by atoms with Gasteiger partial charge in [0.15, 0.2) is 0 Å². The highest BCUT2D eigenvalue weighted by molar-refractivity contribution is 5.92. The zero-order chi connectivity index (χ0) is 25.9. The number of benzene rings is 4. The average molecular weight is 488 g/mol. The fraction of sp³-hybridized carbons (Fsp3) is 0.0625. The van der Waals surface area contributed by atoms with Crippen molar-refractivity contribution >= 4 is 23.7 Å². The topological polar surface area (TPSA) is 68.5 Å². The number of allylic oxidation sites excluding steroid dienone is 1. The predicted octanol–water partition coefficient (Wildman–Crippen LogP) is 6.96. The van der Waals surface area contributed by atoms with Gasteiger partial charge in [0.05, 0.1) is 18.8 Å². The highest BCUT2D eigenvalue weighted by Gasteiger charge is 2.08. The Bertz CT molecular complexity index is 1430. The van der Waals surface area contributed by atoms with E-state index in [0.717, 1.165) is 22.4 Å². The van der Waals surface area contributed by atoms with E-state index < -0.39 is 5.97 Å². The fourth-order valence-corrected chi connectivity index (χ4v) is 3.57. The van der Waals surface area contributed by atoms with E-state index in [-0.39, 0.29) is 0 Å². The van der Waals surface area contributed by atoms with E-state index in [4.69, 9.17) is 14.2 Å². The van der Waals surface area contributed by atoms with Crippen LogP contribution < -0.4 is 14.2 Å². The second-order valence-electron chi connectivity index (χ2n) is 8.04. The number of hydrogen-bond donors (Lipinski definition) is 0. The van der Waals surface area contributed by atoms with Crippen molar-refractivity contribution < 1.29 is 19.0 Å². The smallest absolute Gasteiger partial charge is 0.336 e. The molecule has 5 heteroatoms. The molecule has 0 saturated carbocycles. The van der Waals surface area contributed by atoms with Crippen LogP contribution in [0.5, 0.6) is 17.2 Å². The molecular weight excluding hydrogens is 462 g/mol. The standard InChI is InChI=1S/C32H25NO4/c1-35-31-10-6-5-9-30(31)27(22-33)21-25-13-18-29(19-14-25)37-32(34)20-15-24-11-16-28(17-12-24)36-23-26-7-3-2-4-8-26/h2-21H,23H2,1H3/b20-15+,27-21-. The molecule has 4 rings (SSSR count). The van der Waals surface area contributed by atoms with Gasteiger partial charge >= 0.3 is 5.97 Å². The Morgan fingerprint density at radius 3 is 2.16 bits per heavy atom. The van der Waals surface area contributed by atoms with Gasteiger partial charge in [0.25, 0.3) is 0 Å². The number of hydrogen-bond acceptors (Lipinski definition) is 5. The van der Waals surface area contributed by atoms with Gasteiger partial charge in [-0.3, -0.25) is 0 Å². The summed E-state index contributed by atoms with van der Waals surface area (Å²) in [4.78, 5) is 12.3. The van der Waals surface area contributed by atoms with Crippen LogP contribution in [0.4, 0.5) is 0 Å². The van der Waals surface area contributed by atoms with Crippen LogP contribution in [0.25, 0.3) is 17.7 Å². The number of rotatable bonds is 9. The summed E-state index contributed by atoms with van der Waals surface area (Å²) in [5.74, 6) is 1.30. The van der Waals surface area contributed by atoms with Crippen molar-refractivity contribution in [2.75, 3.05) is 7.11 Å². The second kappa shape index (κ2) is 12.6. The van der Waals surface area contributed by atoms with Gasteiger partial charge in [0, 0.05) is 11.6 Å². The maximum atomic E-state index is 12.3. The Morgan fingerprint density at radius 2 is 1.46 bits per heavy atom. The van der Waals surface area contributed by atoms with E-state index in [1.807, 2.05) is 78.9 Å². The van der Waals surface area contributed by atoms with Crippen LogP contribution in [0.1, 0.15) is 22.3 Å². The monoisotopic (exact) mass is 487 g/mol. The molecule has 5 nitrogen and oxygen atoms in total. The molecule has 0 atom stereocenters. The van der Waals surface area contributed by atoms with Gasteiger partial charge in [-0.25, -0.2) is 4.79 Å². The van der Waals surface area contributed by atoms with Crippen molar-refractivity contribution in [1.29, 1.82) is 5.26 Å². The van der Waals surface area contributed by atoms with E-state index in [9.17, 15) is 10.1 Å². The molecule has 0 N–H and O–H groups in total. The molecule has 0 bridgehead atoms. The lowest BCUT2D eigenvalue weighted by Gasteiger charge is -2.07. The minimum atomic E-state index is -0.487. The summed E-state index contributed by atoms with van der Waals surface area (Å²) in [5.41, 5.74) is 3.93. The lowest BCUT2D eigenvalue weighted by atomic mass is 10.0. The van der Waals surface area contributed by atoms with Gasteiger partial charge in [-0.15, -0.1) is 0 Å². The number of esters is 1. The van der Waals surface area contributed by atoms with E-state index in [2.05, 4.69) is 6.07 Å². The normalized spacial score (nSPS) is 11.1. The van der Waals surface area contributed by atoms with E-state index in [1.165, 1.54) is 6.08 Å². The Balaban J connectivity index is 1.33. The lowest BCUT2D eigenvalue weighted by molar-refractivity contribution is -0.128. The second-order valence-corrected chi connectivity index (χ2v) is 8.04. The van der Waals surface area contributed by atoms with Gasteiger partial charge < -0.3 is 14.2 Å². The summed E-state index contributed by atoms with van der Waals surface area (Å²) < 4.78 is 16.5. The van der Waals surface area contributed by atoms with Gasteiger partial charge in [-0.1, -0.05) is 66.7 Å². The minimum Gasteiger partial charge on any atom is -0.496 e. The van der Waals surface area contributed by atoms with Crippen molar-refractivity contribution in [1.82, 2.24) is 0 Å². The zero-order valence-corrected chi connectivity index (χ0v) is 20.3. The van der Waals surface area contributed by atoms with Gasteiger partial charge in [0.2, 0.25) is 0 Å². The van der Waals surface area contributed by atoms with Gasteiger partial charge in [0.1, 0.15) is 23.9 Å². The molecule has 0 radical (unpaired) electrons. The predicted molar refractivity (Wildman–Crippen MR) is 145 cm³/mol. The molecule has 0 spiro atoms. The third-order valence-corrected chi connectivity index (χ3v) is 5.47. The lowest BCUT2D eigenvalue weighted by Crippen LogP contribution is -2.03. The van der Waals surface area contributed by atoms with Crippen molar-refractivity contribution in [2.24, 2.45) is 0 Å². The molecule has 182 valence electrons. The molecule has 0 aliphatic rings. The van der Waals surface area contributed by atoms with E-state index >= 15 is 0 Å². The van der Waals surface area contributed by atoms with Crippen LogP contribution >= 0.6 is 0 Å². The summed E-state index contributed by atoms with van der Waals surface area (Å²) in [6.45, 7) is 0.495. The molecule has 0 saturated heterocycles. The van der Waals surface area contributed by atoms with Gasteiger partial charge in [-0.2, -0.15) is 5.26 Å². The third-order valence-electron chi connectivity index (χ3n) is 5.47. The Morgan fingerprint density at radius 1 is 0.811 bits per heavy atom. The minimum absolute atomic E-state index is 0.409. The first-order valence-corrected chi connectivity index (χ1v) is 11.7. The van der Waals surface area contributed by atoms with Crippen molar-refractivity contribution in [3.8, 4) is 23.3 Å². The molecule has 0 aromatic heterocycles. The average Bonchev–Trinajstić information content (AvgIpc) is 2.95. The molecular formula is C32H25NO4. The largest absolute Gasteiger partial charge is 0.496 e. The Kier molecular flexibility index (Phi) is 8.50. The highest BCUT2D eigenvalue weighted by atomic mass is 16.5. The van der Waals surface area contributed by atoms with Crippen LogP contribution in [-0.4, -0.2) is 13.1 Å². The van der Waals surface area contributed by atoms with Gasteiger partial charge in [-0.05, 0) is 65.2 Å². The van der Waals surface area contributed by atoms with E-state index in [0.29, 0.717) is 29.2 Å². The molecule has 0 amide bonds. The molecule has 37 heavy (non-hydrogen) atoms. The fourth-order valence-electron chi connectivity index (χ4n) is 3.57. The summed E-state index contributed by atoms with van der Waals surface area (Å²) >= 11 is 0. The molecule has 0 heterocycles. The number of ether oxygens (including phenoxy) is 3. The molecule has 0 aliphatic heterocycles.